The maximum atomic E-state index is 9.69. The Kier molecular flexibility index (Phi) is 6.12. The molecule has 17 heavy (non-hydrogen) atoms. The van der Waals surface area contributed by atoms with Crippen LogP contribution in [0.2, 0.25) is 0 Å². The van der Waals surface area contributed by atoms with Crippen molar-refractivity contribution in [1.82, 2.24) is 5.32 Å². The van der Waals surface area contributed by atoms with Crippen molar-refractivity contribution in [3.8, 4) is 0 Å². The summed E-state index contributed by atoms with van der Waals surface area (Å²) in [4.78, 5) is 1.19. The van der Waals surface area contributed by atoms with E-state index >= 15 is 0 Å². The lowest BCUT2D eigenvalue weighted by atomic mass is 9.97. The maximum Gasteiger partial charge on any atom is 0.0897 e. The van der Waals surface area contributed by atoms with Crippen LogP contribution >= 0.6 is 11.3 Å². The van der Waals surface area contributed by atoms with E-state index in [1.54, 1.807) is 11.3 Å². The van der Waals surface area contributed by atoms with Gasteiger partial charge in [0.1, 0.15) is 0 Å². The van der Waals surface area contributed by atoms with Gasteiger partial charge in [-0.15, -0.1) is 11.3 Å². The zero-order valence-electron chi connectivity index (χ0n) is 10.9. The summed E-state index contributed by atoms with van der Waals surface area (Å²) in [6.45, 7) is 8.96. The Hall–Kier alpha value is -0.420. The molecule has 0 aliphatic heterocycles. The van der Waals surface area contributed by atoms with Crippen molar-refractivity contribution in [2.45, 2.75) is 33.5 Å². The Morgan fingerprint density at radius 3 is 2.82 bits per heavy atom. The number of thiophene rings is 1. The molecule has 0 amide bonds. The molecular formula is C13H23NO2S. The number of aliphatic hydroxyl groups excluding tert-OH is 1. The van der Waals surface area contributed by atoms with E-state index in [9.17, 15) is 5.11 Å². The highest BCUT2D eigenvalue weighted by Gasteiger charge is 2.11. The average molecular weight is 257 g/mol. The van der Waals surface area contributed by atoms with Gasteiger partial charge in [0, 0.05) is 18.0 Å². The lowest BCUT2D eigenvalue weighted by Gasteiger charge is -2.20. The first kappa shape index (κ1) is 14.6. The molecule has 0 fully saturated rings. The molecule has 0 spiro atoms. The zero-order valence-corrected chi connectivity index (χ0v) is 11.7. The van der Waals surface area contributed by atoms with E-state index in [4.69, 9.17) is 4.74 Å². The van der Waals surface area contributed by atoms with E-state index in [-0.39, 0.29) is 5.41 Å². The standard InChI is InChI=1S/C13H23NO2S/c1-13(2,3)10-14-7-11(15)8-16-9-12-5-4-6-17-12/h4-6,11,14-15H,7-10H2,1-3H3. The van der Waals surface area contributed by atoms with Crippen molar-refractivity contribution in [3.63, 3.8) is 0 Å². The van der Waals surface area contributed by atoms with Gasteiger partial charge < -0.3 is 15.2 Å². The molecule has 3 nitrogen and oxygen atoms in total. The monoisotopic (exact) mass is 257 g/mol. The molecular weight excluding hydrogens is 234 g/mol. The van der Waals surface area contributed by atoms with Crippen LogP contribution in [-0.4, -0.2) is 30.9 Å². The minimum atomic E-state index is -0.433. The van der Waals surface area contributed by atoms with Crippen molar-refractivity contribution in [2.75, 3.05) is 19.7 Å². The van der Waals surface area contributed by atoms with E-state index in [2.05, 4.69) is 26.1 Å². The highest BCUT2D eigenvalue weighted by atomic mass is 32.1. The molecule has 1 heterocycles. The zero-order chi connectivity index (χ0) is 12.7. The lowest BCUT2D eigenvalue weighted by molar-refractivity contribution is 0.0290. The molecule has 0 saturated heterocycles. The number of rotatable bonds is 7. The Labute approximate surface area is 108 Å². The molecule has 1 aromatic heterocycles. The van der Waals surface area contributed by atoms with Gasteiger partial charge in [-0.2, -0.15) is 0 Å². The third-order valence-corrected chi connectivity index (χ3v) is 3.02. The molecule has 1 atom stereocenters. The molecule has 0 aliphatic carbocycles. The Bertz CT molecular complexity index is 293. The number of aliphatic hydroxyl groups is 1. The SMILES string of the molecule is CC(C)(C)CNCC(O)COCc1cccs1. The van der Waals surface area contributed by atoms with Crippen molar-refractivity contribution < 1.29 is 9.84 Å². The third-order valence-electron chi connectivity index (χ3n) is 2.17. The first-order chi connectivity index (χ1) is 7.97. The van der Waals surface area contributed by atoms with Crippen LogP contribution in [0.1, 0.15) is 25.6 Å². The van der Waals surface area contributed by atoms with Gasteiger partial charge in [0.15, 0.2) is 0 Å². The van der Waals surface area contributed by atoms with Crippen molar-refractivity contribution in [1.29, 1.82) is 0 Å². The van der Waals surface area contributed by atoms with Gasteiger partial charge in [-0.1, -0.05) is 26.8 Å². The number of hydrogen-bond donors (Lipinski definition) is 2. The number of hydrogen-bond acceptors (Lipinski definition) is 4. The molecule has 0 aromatic carbocycles. The summed E-state index contributed by atoms with van der Waals surface area (Å²) < 4.78 is 5.44. The van der Waals surface area contributed by atoms with E-state index in [1.165, 1.54) is 4.88 Å². The summed E-state index contributed by atoms with van der Waals surface area (Å²) in [7, 11) is 0. The molecule has 1 rings (SSSR count). The highest BCUT2D eigenvalue weighted by molar-refractivity contribution is 7.09. The number of ether oxygens (including phenoxy) is 1. The van der Waals surface area contributed by atoms with Crippen LogP contribution in [0.15, 0.2) is 17.5 Å². The third kappa shape index (κ3) is 7.49. The second-order valence-corrected chi connectivity index (χ2v) is 6.47. The molecule has 0 bridgehead atoms. The lowest BCUT2D eigenvalue weighted by Crippen LogP contribution is -2.35. The second-order valence-electron chi connectivity index (χ2n) is 5.44. The van der Waals surface area contributed by atoms with E-state index in [1.807, 2.05) is 17.5 Å². The smallest absolute Gasteiger partial charge is 0.0897 e. The van der Waals surface area contributed by atoms with Gasteiger partial charge in [-0.05, 0) is 16.9 Å². The summed E-state index contributed by atoms with van der Waals surface area (Å²) in [6, 6.07) is 4.04. The van der Waals surface area contributed by atoms with Crippen LogP contribution < -0.4 is 5.32 Å². The van der Waals surface area contributed by atoms with Gasteiger partial charge in [-0.25, -0.2) is 0 Å². The first-order valence-electron chi connectivity index (χ1n) is 5.96. The summed E-state index contributed by atoms with van der Waals surface area (Å²) in [5, 5.41) is 15.0. The van der Waals surface area contributed by atoms with Gasteiger partial charge in [-0.3, -0.25) is 0 Å². The van der Waals surface area contributed by atoms with Gasteiger partial charge in [0.25, 0.3) is 0 Å². The molecule has 4 heteroatoms. The molecule has 2 N–H and O–H groups in total. The van der Waals surface area contributed by atoms with Crippen LogP contribution in [0, 0.1) is 5.41 Å². The van der Waals surface area contributed by atoms with Crippen LogP contribution in [0.25, 0.3) is 0 Å². The van der Waals surface area contributed by atoms with Crippen LogP contribution in [0.5, 0.6) is 0 Å². The number of nitrogens with one attached hydrogen (secondary N) is 1. The topological polar surface area (TPSA) is 41.5 Å². The minimum Gasteiger partial charge on any atom is -0.389 e. The quantitative estimate of drug-likeness (QED) is 0.787. The van der Waals surface area contributed by atoms with E-state index in [0.717, 1.165) is 6.54 Å². The van der Waals surface area contributed by atoms with Crippen molar-refractivity contribution in [3.05, 3.63) is 22.4 Å². The fraction of sp³-hybridized carbons (Fsp3) is 0.692. The predicted octanol–water partition coefficient (Wildman–Crippen LogP) is 2.26. The fourth-order valence-corrected chi connectivity index (χ4v) is 2.00. The normalized spacial score (nSPS) is 13.9. The molecule has 0 radical (unpaired) electrons. The van der Waals surface area contributed by atoms with Crippen LogP contribution in [-0.2, 0) is 11.3 Å². The summed E-state index contributed by atoms with van der Waals surface area (Å²) >= 11 is 1.67. The van der Waals surface area contributed by atoms with Crippen LogP contribution in [0.3, 0.4) is 0 Å². The maximum absolute atomic E-state index is 9.69. The molecule has 1 aromatic rings. The molecule has 0 aliphatic rings. The fourth-order valence-electron chi connectivity index (χ4n) is 1.36. The molecule has 98 valence electrons. The Morgan fingerprint density at radius 2 is 2.24 bits per heavy atom. The highest BCUT2D eigenvalue weighted by Crippen LogP contribution is 2.11. The largest absolute Gasteiger partial charge is 0.389 e. The molecule has 1 unspecified atom stereocenters. The van der Waals surface area contributed by atoms with Crippen molar-refractivity contribution in [2.24, 2.45) is 5.41 Å². The van der Waals surface area contributed by atoms with E-state index < -0.39 is 6.10 Å². The van der Waals surface area contributed by atoms with Crippen LogP contribution in [0.4, 0.5) is 0 Å². The first-order valence-corrected chi connectivity index (χ1v) is 6.84. The van der Waals surface area contributed by atoms with Gasteiger partial charge in [0.2, 0.25) is 0 Å². The Balaban J connectivity index is 2.03. The summed E-state index contributed by atoms with van der Waals surface area (Å²) in [5.41, 5.74) is 0.248. The summed E-state index contributed by atoms with van der Waals surface area (Å²) in [5.74, 6) is 0. The summed E-state index contributed by atoms with van der Waals surface area (Å²) in [6.07, 6.45) is -0.433. The Morgan fingerprint density at radius 1 is 1.47 bits per heavy atom. The van der Waals surface area contributed by atoms with Gasteiger partial charge in [0.05, 0.1) is 19.3 Å². The van der Waals surface area contributed by atoms with Gasteiger partial charge >= 0.3 is 0 Å². The average Bonchev–Trinajstić information content (AvgIpc) is 2.68. The minimum absolute atomic E-state index is 0.248. The predicted molar refractivity (Wildman–Crippen MR) is 72.3 cm³/mol. The molecule has 0 saturated carbocycles. The van der Waals surface area contributed by atoms with E-state index in [0.29, 0.717) is 19.8 Å². The second kappa shape index (κ2) is 7.11. The van der Waals surface area contributed by atoms with Crippen molar-refractivity contribution >= 4 is 11.3 Å².